The highest BCUT2D eigenvalue weighted by atomic mass is 16.2. The van der Waals surface area contributed by atoms with Gasteiger partial charge in [0.25, 0.3) is 0 Å². The number of carbonyl (C=O) groups is 1. The first-order chi connectivity index (χ1) is 6.36. The molecule has 0 spiro atoms. The van der Waals surface area contributed by atoms with Crippen LogP contribution in [0.2, 0.25) is 0 Å². The molecule has 0 bridgehead atoms. The summed E-state index contributed by atoms with van der Waals surface area (Å²) in [5.41, 5.74) is 2.49. The van der Waals surface area contributed by atoms with Gasteiger partial charge >= 0.3 is 0 Å². The van der Waals surface area contributed by atoms with Crippen molar-refractivity contribution in [3.05, 3.63) is 29.6 Å². The number of hydrogen-bond donors (Lipinski definition) is 0. The van der Waals surface area contributed by atoms with Gasteiger partial charge in [-0.05, 0) is 24.5 Å². The van der Waals surface area contributed by atoms with E-state index in [0.717, 1.165) is 12.8 Å². The van der Waals surface area contributed by atoms with Crippen molar-refractivity contribution in [3.8, 4) is 0 Å². The van der Waals surface area contributed by atoms with Crippen molar-refractivity contribution in [2.24, 2.45) is 0 Å². The van der Waals surface area contributed by atoms with E-state index in [-0.39, 0.29) is 5.91 Å². The average molecular weight is 173 g/mol. The summed E-state index contributed by atoms with van der Waals surface area (Å²) >= 11 is 0. The summed E-state index contributed by atoms with van der Waals surface area (Å²) in [5, 5.41) is 0. The zero-order valence-corrected chi connectivity index (χ0v) is 7.36. The lowest BCUT2D eigenvalue weighted by atomic mass is 9.87. The molecule has 0 saturated heterocycles. The molecule has 0 amide bonds. The van der Waals surface area contributed by atoms with E-state index in [0.29, 0.717) is 12.3 Å². The third kappa shape index (κ3) is 0.857. The molecule has 1 aliphatic carbocycles. The largest absolute Gasteiger partial charge is 0.291 e. The molecule has 13 heavy (non-hydrogen) atoms. The first-order valence-electron chi connectivity index (χ1n) is 4.77. The predicted molar refractivity (Wildman–Crippen MR) is 50.7 cm³/mol. The third-order valence-electron chi connectivity index (χ3n) is 3.04. The molecule has 0 radical (unpaired) electrons. The molecule has 1 unspecified atom stereocenters. The minimum absolute atomic E-state index is 0.257. The number of aromatic nitrogens is 1. The summed E-state index contributed by atoms with van der Waals surface area (Å²) in [6, 6.07) is 2.04. The lowest BCUT2D eigenvalue weighted by Gasteiger charge is -2.25. The minimum Gasteiger partial charge on any atom is -0.291 e. The summed E-state index contributed by atoms with van der Waals surface area (Å²) in [6.45, 7) is 0. The summed E-state index contributed by atoms with van der Waals surface area (Å²) in [4.78, 5) is 11.5. The van der Waals surface area contributed by atoms with Crippen molar-refractivity contribution in [2.45, 2.75) is 25.2 Å². The molecule has 2 heterocycles. The highest BCUT2D eigenvalue weighted by Crippen LogP contribution is 2.36. The number of rotatable bonds is 0. The Morgan fingerprint density at radius 1 is 1.46 bits per heavy atom. The van der Waals surface area contributed by atoms with Crippen molar-refractivity contribution in [2.75, 3.05) is 0 Å². The minimum atomic E-state index is 0.257. The maximum atomic E-state index is 11.5. The molecule has 1 aliphatic heterocycles. The van der Waals surface area contributed by atoms with Crippen LogP contribution in [0.25, 0.3) is 6.08 Å². The molecule has 1 aromatic heterocycles. The van der Waals surface area contributed by atoms with Gasteiger partial charge in [0.15, 0.2) is 0 Å². The van der Waals surface area contributed by atoms with Crippen LogP contribution in [-0.4, -0.2) is 10.5 Å². The summed E-state index contributed by atoms with van der Waals surface area (Å²) < 4.78 is 1.84. The molecule has 0 N–H and O–H groups in total. The highest BCUT2D eigenvalue weighted by molar-refractivity contribution is 5.83. The molecule has 2 nitrogen and oxygen atoms in total. The molecule has 0 fully saturated rings. The van der Waals surface area contributed by atoms with E-state index in [1.165, 1.54) is 11.3 Å². The van der Waals surface area contributed by atoms with E-state index in [1.54, 1.807) is 0 Å². The van der Waals surface area contributed by atoms with Gasteiger partial charge in [-0.2, -0.15) is 0 Å². The fourth-order valence-corrected chi connectivity index (χ4v) is 2.39. The first kappa shape index (κ1) is 7.13. The standard InChI is InChI=1S/C11H11NO/c13-10-5-4-8-2-1-3-9-6-7-12(10)11(8)9/h1,3,6-8H,2,4-5H2. The summed E-state index contributed by atoms with van der Waals surface area (Å²) in [6.07, 6.45) is 9.09. The van der Waals surface area contributed by atoms with Crippen LogP contribution in [0.15, 0.2) is 18.3 Å². The van der Waals surface area contributed by atoms with Gasteiger partial charge in [-0.25, -0.2) is 0 Å². The van der Waals surface area contributed by atoms with Gasteiger partial charge in [-0.15, -0.1) is 0 Å². The average Bonchev–Trinajstić information content (AvgIpc) is 2.57. The molecule has 1 aromatic rings. The molecular weight excluding hydrogens is 162 g/mol. The Hall–Kier alpha value is -1.31. The SMILES string of the molecule is O=C1CCC2CC=Cc3ccn1c32. The lowest BCUT2D eigenvalue weighted by molar-refractivity contribution is 0.0875. The number of allylic oxidation sites excluding steroid dienone is 1. The molecular formula is C11H11NO. The van der Waals surface area contributed by atoms with Gasteiger partial charge in [0.05, 0.1) is 0 Å². The van der Waals surface area contributed by atoms with Crippen LogP contribution < -0.4 is 0 Å². The predicted octanol–water partition coefficient (Wildman–Crippen LogP) is 2.42. The van der Waals surface area contributed by atoms with E-state index in [1.807, 2.05) is 16.8 Å². The van der Waals surface area contributed by atoms with Crippen molar-refractivity contribution in [1.29, 1.82) is 0 Å². The zero-order valence-electron chi connectivity index (χ0n) is 7.36. The number of hydrogen-bond acceptors (Lipinski definition) is 1. The summed E-state index contributed by atoms with van der Waals surface area (Å²) in [5.74, 6) is 0.848. The second kappa shape index (κ2) is 2.34. The van der Waals surface area contributed by atoms with E-state index >= 15 is 0 Å². The van der Waals surface area contributed by atoms with E-state index in [4.69, 9.17) is 0 Å². The third-order valence-corrected chi connectivity index (χ3v) is 3.04. The fourth-order valence-electron chi connectivity index (χ4n) is 2.39. The monoisotopic (exact) mass is 173 g/mol. The lowest BCUT2D eigenvalue weighted by Crippen LogP contribution is -2.23. The van der Waals surface area contributed by atoms with Crippen LogP contribution in [0.1, 0.15) is 41.2 Å². The van der Waals surface area contributed by atoms with Gasteiger partial charge in [0, 0.05) is 24.2 Å². The van der Waals surface area contributed by atoms with E-state index in [9.17, 15) is 4.79 Å². The Kier molecular flexibility index (Phi) is 1.29. The van der Waals surface area contributed by atoms with Crippen molar-refractivity contribution < 1.29 is 4.79 Å². The normalized spacial score (nSPS) is 24.6. The van der Waals surface area contributed by atoms with E-state index in [2.05, 4.69) is 12.2 Å². The van der Waals surface area contributed by atoms with Gasteiger partial charge in [-0.3, -0.25) is 9.36 Å². The second-order valence-corrected chi connectivity index (χ2v) is 3.79. The maximum absolute atomic E-state index is 11.5. The zero-order chi connectivity index (χ0) is 8.84. The molecule has 0 aromatic carbocycles. The van der Waals surface area contributed by atoms with Crippen LogP contribution in [0.5, 0.6) is 0 Å². The van der Waals surface area contributed by atoms with E-state index < -0.39 is 0 Å². The van der Waals surface area contributed by atoms with Crippen LogP contribution in [0.4, 0.5) is 0 Å². The maximum Gasteiger partial charge on any atom is 0.230 e. The molecule has 2 heteroatoms. The van der Waals surface area contributed by atoms with Crippen LogP contribution >= 0.6 is 0 Å². The quantitative estimate of drug-likeness (QED) is 0.590. The van der Waals surface area contributed by atoms with Crippen molar-refractivity contribution in [1.82, 2.24) is 4.57 Å². The summed E-state index contributed by atoms with van der Waals surface area (Å²) in [7, 11) is 0. The van der Waals surface area contributed by atoms with Crippen LogP contribution in [0.3, 0.4) is 0 Å². The Morgan fingerprint density at radius 3 is 3.31 bits per heavy atom. The Bertz CT molecular complexity index is 400. The number of carbonyl (C=O) groups excluding carboxylic acids is 1. The molecule has 66 valence electrons. The smallest absolute Gasteiger partial charge is 0.230 e. The molecule has 0 saturated carbocycles. The fraction of sp³-hybridized carbons (Fsp3) is 0.364. The Balaban J connectivity index is 2.26. The van der Waals surface area contributed by atoms with Crippen LogP contribution in [0, 0.1) is 0 Å². The topological polar surface area (TPSA) is 22.0 Å². The first-order valence-corrected chi connectivity index (χ1v) is 4.77. The Labute approximate surface area is 76.9 Å². The van der Waals surface area contributed by atoms with Gasteiger partial charge in [0.1, 0.15) is 0 Å². The van der Waals surface area contributed by atoms with Crippen molar-refractivity contribution >= 4 is 12.0 Å². The number of nitrogens with zero attached hydrogens (tertiary/aromatic N) is 1. The molecule has 1 atom stereocenters. The Morgan fingerprint density at radius 2 is 2.38 bits per heavy atom. The molecule has 3 rings (SSSR count). The highest BCUT2D eigenvalue weighted by Gasteiger charge is 2.28. The second-order valence-electron chi connectivity index (χ2n) is 3.79. The van der Waals surface area contributed by atoms with Crippen molar-refractivity contribution in [3.63, 3.8) is 0 Å². The van der Waals surface area contributed by atoms with Crippen LogP contribution in [-0.2, 0) is 0 Å². The van der Waals surface area contributed by atoms with Gasteiger partial charge < -0.3 is 0 Å². The van der Waals surface area contributed by atoms with Gasteiger partial charge in [0.2, 0.25) is 5.91 Å². The molecule has 2 aliphatic rings. The van der Waals surface area contributed by atoms with Gasteiger partial charge in [-0.1, -0.05) is 12.2 Å².